The Bertz CT molecular complexity index is 690. The normalized spacial score (nSPS) is 10.5. The van der Waals surface area contributed by atoms with Gasteiger partial charge in [0.15, 0.2) is 0 Å². The van der Waals surface area contributed by atoms with Crippen LogP contribution in [0.2, 0.25) is 0 Å². The van der Waals surface area contributed by atoms with Crippen molar-refractivity contribution in [3.8, 4) is 0 Å². The molecule has 0 saturated heterocycles. The second kappa shape index (κ2) is 6.76. The Morgan fingerprint density at radius 1 is 1.00 bits per heavy atom. The molecule has 106 valence electrons. The molecule has 0 unspecified atom stereocenters. The lowest BCUT2D eigenvalue weighted by Crippen LogP contribution is -2.09. The van der Waals surface area contributed by atoms with Gasteiger partial charge in [-0.15, -0.1) is 0 Å². The van der Waals surface area contributed by atoms with E-state index in [0.717, 1.165) is 24.6 Å². The fourth-order valence-electron chi connectivity index (χ4n) is 2.18. The number of nitrogens with one attached hydrogen (secondary N) is 1. The van der Waals surface area contributed by atoms with E-state index < -0.39 is 0 Å². The molecule has 0 saturated carbocycles. The predicted octanol–water partition coefficient (Wildman–Crippen LogP) is 4.15. The Kier molecular flexibility index (Phi) is 4.55. The number of nitrogens with zero attached hydrogens (tertiary/aromatic N) is 2. The summed E-state index contributed by atoms with van der Waals surface area (Å²) in [5.41, 5.74) is 2.40. The second-order valence-corrected chi connectivity index (χ2v) is 6.06. The molecule has 0 spiro atoms. The first kappa shape index (κ1) is 14.1. The van der Waals surface area contributed by atoms with E-state index >= 15 is 0 Å². The van der Waals surface area contributed by atoms with Gasteiger partial charge >= 0.3 is 0 Å². The number of aromatic nitrogens is 2. The van der Waals surface area contributed by atoms with E-state index in [4.69, 9.17) is 0 Å². The van der Waals surface area contributed by atoms with Crippen molar-refractivity contribution in [2.24, 2.45) is 0 Å². The zero-order chi connectivity index (χ0) is 14.5. The van der Waals surface area contributed by atoms with Crippen molar-refractivity contribution >= 4 is 28.3 Å². The molecule has 0 atom stereocenters. The van der Waals surface area contributed by atoms with E-state index in [-0.39, 0.29) is 0 Å². The van der Waals surface area contributed by atoms with Crippen LogP contribution < -0.4 is 5.32 Å². The maximum atomic E-state index is 4.44. The zero-order valence-corrected chi connectivity index (χ0v) is 13.7. The third kappa shape index (κ3) is 3.85. The van der Waals surface area contributed by atoms with Crippen molar-refractivity contribution in [2.45, 2.75) is 13.1 Å². The standard InChI is InChI=1S/C17H16IN3/c18-15-6-8-16(9-7-15)20-12-17-19-10-11-21(17)13-14-4-2-1-3-5-14/h1-11,20H,12-13H2. The number of halogens is 1. The minimum absolute atomic E-state index is 0.723. The van der Waals surface area contributed by atoms with Crippen LogP contribution in [0.5, 0.6) is 0 Å². The second-order valence-electron chi connectivity index (χ2n) is 4.82. The molecular weight excluding hydrogens is 373 g/mol. The van der Waals surface area contributed by atoms with Crippen LogP contribution in [0.25, 0.3) is 0 Å². The van der Waals surface area contributed by atoms with E-state index in [1.165, 1.54) is 9.13 Å². The molecule has 0 aliphatic heterocycles. The number of hydrogen-bond donors (Lipinski definition) is 1. The van der Waals surface area contributed by atoms with Crippen LogP contribution in [0.4, 0.5) is 5.69 Å². The van der Waals surface area contributed by atoms with Crippen molar-refractivity contribution in [3.05, 3.63) is 81.9 Å². The molecule has 1 heterocycles. The molecule has 1 N–H and O–H groups in total. The topological polar surface area (TPSA) is 29.9 Å². The first-order chi connectivity index (χ1) is 10.3. The molecule has 4 heteroatoms. The molecule has 0 amide bonds. The van der Waals surface area contributed by atoms with Gasteiger partial charge in [-0.3, -0.25) is 0 Å². The Hall–Kier alpha value is -1.82. The number of hydrogen-bond acceptors (Lipinski definition) is 2. The SMILES string of the molecule is Ic1ccc(NCc2nccn2Cc2ccccc2)cc1. The van der Waals surface area contributed by atoms with Crippen molar-refractivity contribution in [1.29, 1.82) is 0 Å². The highest BCUT2D eigenvalue weighted by atomic mass is 127. The highest BCUT2D eigenvalue weighted by Crippen LogP contribution is 2.13. The first-order valence-corrected chi connectivity index (χ1v) is 7.92. The molecule has 0 radical (unpaired) electrons. The van der Waals surface area contributed by atoms with E-state index in [1.54, 1.807) is 0 Å². The summed E-state index contributed by atoms with van der Waals surface area (Å²) in [7, 11) is 0. The Morgan fingerprint density at radius 2 is 1.76 bits per heavy atom. The number of imidazole rings is 1. The lowest BCUT2D eigenvalue weighted by molar-refractivity contribution is 0.735. The molecule has 0 aliphatic rings. The maximum Gasteiger partial charge on any atom is 0.128 e. The van der Waals surface area contributed by atoms with Crippen molar-refractivity contribution in [1.82, 2.24) is 9.55 Å². The molecule has 2 aromatic carbocycles. The van der Waals surface area contributed by atoms with Crippen molar-refractivity contribution in [3.63, 3.8) is 0 Å². The van der Waals surface area contributed by atoms with Gasteiger partial charge in [0.1, 0.15) is 5.82 Å². The van der Waals surface area contributed by atoms with Gasteiger partial charge in [-0.05, 0) is 52.4 Å². The third-order valence-corrected chi connectivity index (χ3v) is 4.01. The average molecular weight is 389 g/mol. The maximum absolute atomic E-state index is 4.44. The molecule has 0 aliphatic carbocycles. The van der Waals surface area contributed by atoms with Gasteiger partial charge in [-0.1, -0.05) is 30.3 Å². The predicted molar refractivity (Wildman–Crippen MR) is 94.3 cm³/mol. The minimum atomic E-state index is 0.723. The minimum Gasteiger partial charge on any atom is -0.378 e. The largest absolute Gasteiger partial charge is 0.378 e. The Morgan fingerprint density at radius 3 is 2.52 bits per heavy atom. The first-order valence-electron chi connectivity index (χ1n) is 6.84. The highest BCUT2D eigenvalue weighted by molar-refractivity contribution is 14.1. The molecular formula is C17H16IN3. The van der Waals surface area contributed by atoms with Gasteiger partial charge in [0.25, 0.3) is 0 Å². The van der Waals surface area contributed by atoms with E-state index in [2.05, 4.69) is 86.0 Å². The lowest BCUT2D eigenvalue weighted by atomic mass is 10.2. The summed E-state index contributed by atoms with van der Waals surface area (Å²) in [6.07, 6.45) is 3.88. The quantitative estimate of drug-likeness (QED) is 0.665. The zero-order valence-electron chi connectivity index (χ0n) is 11.5. The number of rotatable bonds is 5. The lowest BCUT2D eigenvalue weighted by Gasteiger charge is -2.10. The fraction of sp³-hybridized carbons (Fsp3) is 0.118. The molecule has 3 rings (SSSR count). The molecule has 21 heavy (non-hydrogen) atoms. The van der Waals surface area contributed by atoms with Gasteiger partial charge in [-0.2, -0.15) is 0 Å². The van der Waals surface area contributed by atoms with Crippen LogP contribution in [-0.2, 0) is 13.1 Å². The van der Waals surface area contributed by atoms with Crippen LogP contribution >= 0.6 is 22.6 Å². The van der Waals surface area contributed by atoms with Crippen molar-refractivity contribution < 1.29 is 0 Å². The van der Waals surface area contributed by atoms with Crippen LogP contribution in [0.15, 0.2) is 67.0 Å². The van der Waals surface area contributed by atoms with E-state index in [0.29, 0.717) is 0 Å². The molecule has 0 bridgehead atoms. The fourth-order valence-corrected chi connectivity index (χ4v) is 2.54. The van der Waals surface area contributed by atoms with Gasteiger partial charge in [0.05, 0.1) is 6.54 Å². The molecule has 3 aromatic rings. The van der Waals surface area contributed by atoms with Crippen LogP contribution in [0.1, 0.15) is 11.4 Å². The van der Waals surface area contributed by atoms with Gasteiger partial charge in [-0.25, -0.2) is 4.98 Å². The highest BCUT2D eigenvalue weighted by Gasteiger charge is 2.03. The summed E-state index contributed by atoms with van der Waals surface area (Å²) < 4.78 is 3.42. The number of anilines is 1. The number of benzene rings is 2. The van der Waals surface area contributed by atoms with Gasteiger partial charge < -0.3 is 9.88 Å². The summed E-state index contributed by atoms with van der Waals surface area (Å²) in [5.74, 6) is 1.04. The summed E-state index contributed by atoms with van der Waals surface area (Å²) in [5, 5.41) is 3.41. The van der Waals surface area contributed by atoms with Crippen LogP contribution in [-0.4, -0.2) is 9.55 Å². The summed E-state index contributed by atoms with van der Waals surface area (Å²) in [6.45, 7) is 1.57. The van der Waals surface area contributed by atoms with Crippen molar-refractivity contribution in [2.75, 3.05) is 5.32 Å². The van der Waals surface area contributed by atoms with Gasteiger partial charge in [0.2, 0.25) is 0 Å². The van der Waals surface area contributed by atoms with E-state index in [1.807, 2.05) is 18.5 Å². The summed E-state index contributed by atoms with van der Waals surface area (Å²) in [4.78, 5) is 4.44. The Balaban J connectivity index is 1.66. The van der Waals surface area contributed by atoms with E-state index in [9.17, 15) is 0 Å². The average Bonchev–Trinajstić information content (AvgIpc) is 2.95. The van der Waals surface area contributed by atoms with Gasteiger partial charge in [0, 0.05) is 28.2 Å². The third-order valence-electron chi connectivity index (χ3n) is 3.29. The smallest absolute Gasteiger partial charge is 0.128 e. The van der Waals surface area contributed by atoms with Crippen LogP contribution in [0, 0.1) is 3.57 Å². The van der Waals surface area contributed by atoms with Crippen LogP contribution in [0.3, 0.4) is 0 Å². The summed E-state index contributed by atoms with van der Waals surface area (Å²) in [6, 6.07) is 18.8. The Labute approximate surface area is 138 Å². The molecule has 1 aromatic heterocycles. The monoisotopic (exact) mass is 389 g/mol. The summed E-state index contributed by atoms with van der Waals surface area (Å²) >= 11 is 2.31. The molecule has 3 nitrogen and oxygen atoms in total. The molecule has 0 fully saturated rings.